The van der Waals surface area contributed by atoms with Gasteiger partial charge in [-0.3, -0.25) is 9.27 Å². The second kappa shape index (κ2) is 6.98. The van der Waals surface area contributed by atoms with E-state index in [1.165, 1.54) is 24.3 Å². The maximum Gasteiger partial charge on any atom is 0.259 e. The summed E-state index contributed by atoms with van der Waals surface area (Å²) in [5, 5.41) is 11.6. The van der Waals surface area contributed by atoms with Gasteiger partial charge < -0.3 is 5.32 Å². The third kappa shape index (κ3) is 4.00. The van der Waals surface area contributed by atoms with Crippen LogP contribution in [0.3, 0.4) is 0 Å². The van der Waals surface area contributed by atoms with Crippen LogP contribution in [-0.4, -0.2) is 8.76 Å². The monoisotopic (exact) mass is 323 g/mol. The highest BCUT2D eigenvalue weighted by molar-refractivity contribution is 7.80. The molecule has 114 valence electrons. The molecular weight excluding hydrogens is 312 g/mol. The molecule has 0 spiro atoms. The molecule has 1 atom stereocenters. The van der Waals surface area contributed by atoms with Gasteiger partial charge in [-0.1, -0.05) is 0 Å². The van der Waals surface area contributed by atoms with Gasteiger partial charge in [0.2, 0.25) is 0 Å². The maximum absolute atomic E-state index is 13.6. The fraction of sp³-hybridized carbons (Fsp3) is 0.0714. The summed E-state index contributed by atoms with van der Waals surface area (Å²) in [6.45, 7) is 0.0810. The largest absolute Gasteiger partial charge is 0.379 e. The average molecular weight is 323 g/mol. The second-order valence-electron chi connectivity index (χ2n) is 4.31. The van der Waals surface area contributed by atoms with Gasteiger partial charge in [-0.15, -0.1) is 0 Å². The van der Waals surface area contributed by atoms with Crippen molar-refractivity contribution in [3.05, 3.63) is 59.2 Å². The van der Waals surface area contributed by atoms with Crippen LogP contribution >= 0.6 is 0 Å². The molecule has 0 aliphatic carbocycles. The number of rotatable bonds is 5. The zero-order chi connectivity index (χ0) is 16.1. The van der Waals surface area contributed by atoms with Gasteiger partial charge >= 0.3 is 0 Å². The van der Waals surface area contributed by atoms with E-state index in [0.717, 1.165) is 12.1 Å². The Morgan fingerprint density at radius 2 is 1.91 bits per heavy atom. The summed E-state index contributed by atoms with van der Waals surface area (Å²) in [6.07, 6.45) is 0. The van der Waals surface area contributed by atoms with E-state index in [1.54, 1.807) is 0 Å². The van der Waals surface area contributed by atoms with Crippen LogP contribution in [0.5, 0.6) is 0 Å². The first-order valence-electron chi connectivity index (χ1n) is 6.09. The van der Waals surface area contributed by atoms with Crippen LogP contribution in [0.2, 0.25) is 0 Å². The van der Waals surface area contributed by atoms with Crippen LogP contribution in [0.25, 0.3) is 0 Å². The predicted octanol–water partition coefficient (Wildman–Crippen LogP) is 3.00. The van der Waals surface area contributed by atoms with Crippen LogP contribution in [0.1, 0.15) is 11.1 Å². The van der Waals surface area contributed by atoms with Crippen molar-refractivity contribution in [2.24, 2.45) is 0 Å². The van der Waals surface area contributed by atoms with Crippen LogP contribution < -0.4 is 10.0 Å². The van der Waals surface area contributed by atoms with Gasteiger partial charge in [0, 0.05) is 12.6 Å². The number of nitriles is 1. The lowest BCUT2D eigenvalue weighted by atomic mass is 10.1. The van der Waals surface area contributed by atoms with E-state index < -0.39 is 22.9 Å². The van der Waals surface area contributed by atoms with Gasteiger partial charge in [0.15, 0.2) is 0 Å². The molecule has 0 amide bonds. The zero-order valence-corrected chi connectivity index (χ0v) is 12.0. The number of benzene rings is 2. The third-order valence-corrected chi connectivity index (χ3v) is 3.23. The number of hydrogen-bond donors (Lipinski definition) is 3. The Kier molecular flexibility index (Phi) is 5.04. The molecule has 0 fully saturated rings. The van der Waals surface area contributed by atoms with Crippen molar-refractivity contribution in [1.82, 2.24) is 0 Å². The minimum Gasteiger partial charge on any atom is -0.379 e. The van der Waals surface area contributed by atoms with E-state index in [-0.39, 0.29) is 12.2 Å². The number of anilines is 2. The predicted molar refractivity (Wildman–Crippen MR) is 79.2 cm³/mol. The fourth-order valence-corrected chi connectivity index (χ4v) is 2.21. The third-order valence-electron chi connectivity index (χ3n) is 2.83. The van der Waals surface area contributed by atoms with E-state index in [1.807, 2.05) is 6.07 Å². The summed E-state index contributed by atoms with van der Waals surface area (Å²) in [6, 6.07) is 9.51. The van der Waals surface area contributed by atoms with Gasteiger partial charge in [0.05, 0.1) is 23.0 Å². The molecule has 0 bridgehead atoms. The smallest absolute Gasteiger partial charge is 0.259 e. The second-order valence-corrected chi connectivity index (χ2v) is 5.02. The molecule has 0 aromatic heterocycles. The van der Waals surface area contributed by atoms with Crippen molar-refractivity contribution in [3.63, 3.8) is 0 Å². The topological polar surface area (TPSA) is 85.2 Å². The molecule has 2 aromatic carbocycles. The first kappa shape index (κ1) is 15.9. The first-order valence-corrected chi connectivity index (χ1v) is 7.19. The van der Waals surface area contributed by atoms with Gasteiger partial charge in [0.25, 0.3) is 11.3 Å². The maximum atomic E-state index is 13.6. The van der Waals surface area contributed by atoms with Crippen LogP contribution in [0.15, 0.2) is 36.4 Å². The minimum absolute atomic E-state index is 0.0810. The van der Waals surface area contributed by atoms with Crippen LogP contribution in [0, 0.1) is 23.0 Å². The van der Waals surface area contributed by atoms with Crippen molar-refractivity contribution in [1.29, 1.82) is 5.26 Å². The van der Waals surface area contributed by atoms with Gasteiger partial charge in [-0.05, 0) is 35.9 Å². The Labute approximate surface area is 128 Å². The molecule has 22 heavy (non-hydrogen) atoms. The van der Waals surface area contributed by atoms with Gasteiger partial charge in [-0.25, -0.2) is 13.0 Å². The number of halogens is 2. The molecule has 8 heteroatoms. The van der Waals surface area contributed by atoms with Crippen molar-refractivity contribution in [2.75, 3.05) is 10.0 Å². The number of nitrogens with one attached hydrogen (secondary N) is 2. The summed E-state index contributed by atoms with van der Waals surface area (Å²) in [5.74, 6) is -1.44. The van der Waals surface area contributed by atoms with Gasteiger partial charge in [-0.2, -0.15) is 5.26 Å². The molecule has 3 N–H and O–H groups in total. The van der Waals surface area contributed by atoms with E-state index in [9.17, 15) is 13.0 Å². The summed E-state index contributed by atoms with van der Waals surface area (Å²) in [5.41, 5.74) is 1.26. The molecule has 2 rings (SSSR count). The van der Waals surface area contributed by atoms with Crippen LogP contribution in [-0.2, 0) is 17.8 Å². The molecule has 5 nitrogen and oxygen atoms in total. The van der Waals surface area contributed by atoms with Gasteiger partial charge in [0.1, 0.15) is 11.6 Å². The highest BCUT2D eigenvalue weighted by Crippen LogP contribution is 2.21. The molecule has 0 heterocycles. The highest BCUT2D eigenvalue weighted by atomic mass is 32.2. The lowest BCUT2D eigenvalue weighted by Crippen LogP contribution is -2.08. The van der Waals surface area contributed by atoms with E-state index >= 15 is 0 Å². The van der Waals surface area contributed by atoms with Crippen molar-refractivity contribution in [2.45, 2.75) is 6.54 Å². The quantitative estimate of drug-likeness (QED) is 0.739. The fourth-order valence-electron chi connectivity index (χ4n) is 1.83. The number of nitrogens with zero attached hydrogens (tertiary/aromatic N) is 1. The number of hydrogen-bond acceptors (Lipinski definition) is 3. The summed E-state index contributed by atoms with van der Waals surface area (Å²) >= 11 is -2.28. The lowest BCUT2D eigenvalue weighted by Gasteiger charge is -2.12. The normalized spacial score (nSPS) is 11.5. The summed E-state index contributed by atoms with van der Waals surface area (Å²) < 4.78 is 48.4. The molecule has 2 aromatic rings. The SMILES string of the molecule is N#Cc1ccc(NS(=O)O)c(CNc2ccc(F)cc2F)c1. The van der Waals surface area contributed by atoms with Crippen molar-refractivity contribution in [3.8, 4) is 6.07 Å². The molecular formula is C14H11F2N3O2S. The Bertz CT molecular complexity index is 762. The zero-order valence-electron chi connectivity index (χ0n) is 11.1. The molecule has 1 unspecified atom stereocenters. The Morgan fingerprint density at radius 3 is 2.55 bits per heavy atom. The van der Waals surface area contributed by atoms with Crippen LogP contribution in [0.4, 0.5) is 20.2 Å². The molecule has 0 aliphatic heterocycles. The minimum atomic E-state index is -2.28. The van der Waals surface area contributed by atoms with E-state index in [0.29, 0.717) is 16.8 Å². The Morgan fingerprint density at radius 1 is 1.18 bits per heavy atom. The Balaban J connectivity index is 2.23. The van der Waals surface area contributed by atoms with E-state index in [4.69, 9.17) is 9.81 Å². The molecule has 0 radical (unpaired) electrons. The standard InChI is InChI=1S/C14H11F2N3O2S/c15-11-2-4-14(12(16)6-11)18-8-10-5-9(7-17)1-3-13(10)19-22(20)21/h1-6,18-19H,8H2,(H,20,21). The average Bonchev–Trinajstić information content (AvgIpc) is 2.47. The Hall–Kier alpha value is -2.50. The lowest BCUT2D eigenvalue weighted by molar-refractivity contribution is 0.570. The van der Waals surface area contributed by atoms with Crippen molar-refractivity contribution >= 4 is 22.6 Å². The molecule has 0 aliphatic rings. The summed E-state index contributed by atoms with van der Waals surface area (Å²) in [4.78, 5) is 0. The molecule has 0 saturated carbocycles. The van der Waals surface area contributed by atoms with Crippen molar-refractivity contribution < 1.29 is 17.5 Å². The molecule has 0 saturated heterocycles. The summed E-state index contributed by atoms with van der Waals surface area (Å²) in [7, 11) is 0. The first-order chi connectivity index (χ1) is 10.5. The highest BCUT2D eigenvalue weighted by Gasteiger charge is 2.08. The van der Waals surface area contributed by atoms with E-state index in [2.05, 4.69) is 10.0 Å².